The molecule has 11 heteroatoms. The van der Waals surface area contributed by atoms with Crippen LogP contribution in [0.3, 0.4) is 0 Å². The molecule has 1 N–H and O–H groups in total. The largest absolute Gasteiger partial charge is 0.493 e. The highest BCUT2D eigenvalue weighted by Gasteiger charge is 2.36. The number of anilines is 1. The Hall–Kier alpha value is -2.60. The first-order valence-electron chi connectivity index (χ1n) is 10.3. The molecule has 0 aliphatic carbocycles. The standard InChI is InChI=1S/C25H16BrCl2IN2O5/c1-35-21-10-13(9-20(29)22(21)36-12-14-2-5-16(27)11-19(14)28)8-18-23(32)30-25(34)31(24(18)33)17-6-3-15(26)4-7-17/h2-11H,12H2,1H3,(H,30,32,34)/b18-8+. The minimum absolute atomic E-state index is 0.175. The molecule has 3 aromatic carbocycles. The van der Waals surface area contributed by atoms with Crippen molar-refractivity contribution < 1.29 is 23.9 Å². The molecule has 0 aromatic heterocycles. The Kier molecular flexibility index (Phi) is 8.23. The lowest BCUT2D eigenvalue weighted by Gasteiger charge is -2.26. The zero-order valence-electron chi connectivity index (χ0n) is 18.5. The first kappa shape index (κ1) is 26.5. The van der Waals surface area contributed by atoms with Crippen LogP contribution in [0.1, 0.15) is 11.1 Å². The second-order valence-electron chi connectivity index (χ2n) is 7.49. The summed E-state index contributed by atoms with van der Waals surface area (Å²) in [6, 6.07) is 14.3. The van der Waals surface area contributed by atoms with Gasteiger partial charge in [-0.25, -0.2) is 9.69 Å². The second-order valence-corrected chi connectivity index (χ2v) is 10.4. The van der Waals surface area contributed by atoms with E-state index in [9.17, 15) is 14.4 Å². The third-order valence-electron chi connectivity index (χ3n) is 5.14. The number of carbonyl (C=O) groups is 3. The minimum atomic E-state index is -0.818. The normalized spacial score (nSPS) is 14.8. The van der Waals surface area contributed by atoms with E-state index in [1.165, 1.54) is 13.2 Å². The van der Waals surface area contributed by atoms with Crippen LogP contribution >= 0.6 is 61.7 Å². The number of carbonyl (C=O) groups excluding carboxylic acids is 3. The molecule has 1 heterocycles. The summed E-state index contributed by atoms with van der Waals surface area (Å²) >= 11 is 17.6. The molecule has 3 aromatic rings. The summed E-state index contributed by atoms with van der Waals surface area (Å²) in [7, 11) is 1.48. The van der Waals surface area contributed by atoms with E-state index < -0.39 is 17.8 Å². The first-order valence-corrected chi connectivity index (χ1v) is 12.9. The molecule has 0 atom stereocenters. The van der Waals surface area contributed by atoms with Crippen molar-refractivity contribution in [1.29, 1.82) is 0 Å². The van der Waals surface area contributed by atoms with Gasteiger partial charge in [-0.05, 0) is 82.8 Å². The first-order chi connectivity index (χ1) is 17.2. The maximum Gasteiger partial charge on any atom is 0.335 e. The number of urea groups is 1. The number of nitrogens with one attached hydrogen (secondary N) is 1. The fraction of sp³-hybridized carbons (Fsp3) is 0.0800. The number of halogens is 4. The van der Waals surface area contributed by atoms with Crippen LogP contribution in [0.5, 0.6) is 11.5 Å². The third kappa shape index (κ3) is 5.69. The van der Waals surface area contributed by atoms with Gasteiger partial charge < -0.3 is 9.47 Å². The highest BCUT2D eigenvalue weighted by molar-refractivity contribution is 14.1. The molecular formula is C25H16BrCl2IN2O5. The van der Waals surface area contributed by atoms with Crippen molar-refractivity contribution >= 4 is 91.3 Å². The van der Waals surface area contributed by atoms with Crippen molar-refractivity contribution in [1.82, 2.24) is 5.32 Å². The van der Waals surface area contributed by atoms with Gasteiger partial charge in [-0.1, -0.05) is 45.2 Å². The third-order valence-corrected chi connectivity index (χ3v) is 7.05. The van der Waals surface area contributed by atoms with E-state index in [0.717, 1.165) is 14.9 Å². The fourth-order valence-corrected chi connectivity index (χ4v) is 4.91. The molecule has 0 spiro atoms. The quantitative estimate of drug-likeness (QED) is 0.178. The van der Waals surface area contributed by atoms with Crippen LogP contribution in [-0.4, -0.2) is 25.0 Å². The van der Waals surface area contributed by atoms with E-state index in [2.05, 4.69) is 43.8 Å². The van der Waals surface area contributed by atoms with E-state index in [4.69, 9.17) is 32.7 Å². The van der Waals surface area contributed by atoms with Gasteiger partial charge in [0.05, 0.1) is 16.4 Å². The zero-order valence-corrected chi connectivity index (χ0v) is 23.7. The highest BCUT2D eigenvalue weighted by Crippen LogP contribution is 2.36. The Labute approximate surface area is 238 Å². The molecular weight excluding hydrogens is 686 g/mol. The number of rotatable bonds is 6. The molecule has 1 aliphatic heterocycles. The number of nitrogens with zero attached hydrogens (tertiary/aromatic N) is 1. The van der Waals surface area contributed by atoms with Gasteiger partial charge in [-0.15, -0.1) is 0 Å². The van der Waals surface area contributed by atoms with Crippen molar-refractivity contribution in [2.24, 2.45) is 0 Å². The molecule has 36 heavy (non-hydrogen) atoms. The lowest BCUT2D eigenvalue weighted by atomic mass is 10.1. The maximum atomic E-state index is 13.1. The number of methoxy groups -OCH3 is 1. The van der Waals surface area contributed by atoms with E-state index in [0.29, 0.717) is 36.4 Å². The van der Waals surface area contributed by atoms with Crippen LogP contribution < -0.4 is 19.7 Å². The van der Waals surface area contributed by atoms with Gasteiger partial charge in [0.2, 0.25) is 0 Å². The summed E-state index contributed by atoms with van der Waals surface area (Å²) < 4.78 is 12.9. The number of amides is 4. The summed E-state index contributed by atoms with van der Waals surface area (Å²) in [6.07, 6.45) is 1.40. The molecule has 7 nitrogen and oxygen atoms in total. The predicted octanol–water partition coefficient (Wildman–Crippen LogP) is 6.61. The van der Waals surface area contributed by atoms with Gasteiger partial charge in [0.1, 0.15) is 12.2 Å². The Morgan fingerprint density at radius 1 is 1.06 bits per heavy atom. The number of hydrogen-bond acceptors (Lipinski definition) is 5. The number of imide groups is 2. The van der Waals surface area contributed by atoms with Gasteiger partial charge in [-0.2, -0.15) is 0 Å². The average Bonchev–Trinajstić information content (AvgIpc) is 2.83. The number of benzene rings is 3. The summed E-state index contributed by atoms with van der Waals surface area (Å²) in [5.41, 5.74) is 1.39. The second kappa shape index (κ2) is 11.2. The van der Waals surface area contributed by atoms with Crippen LogP contribution in [0, 0.1) is 3.57 Å². The Morgan fingerprint density at radius 3 is 2.44 bits per heavy atom. The van der Waals surface area contributed by atoms with Crippen LogP contribution in [0.25, 0.3) is 6.08 Å². The molecule has 4 rings (SSSR count). The van der Waals surface area contributed by atoms with E-state index in [1.807, 2.05) is 0 Å². The van der Waals surface area contributed by atoms with Crippen molar-refractivity contribution in [3.8, 4) is 11.5 Å². The SMILES string of the molecule is COc1cc(/C=C2\C(=O)NC(=O)N(c3ccc(Br)cc3)C2=O)cc(I)c1OCc1ccc(Cl)cc1Cl. The number of hydrogen-bond donors (Lipinski definition) is 1. The molecule has 0 unspecified atom stereocenters. The molecule has 1 saturated heterocycles. The van der Waals surface area contributed by atoms with Gasteiger partial charge in [-0.3, -0.25) is 14.9 Å². The molecule has 1 aliphatic rings. The van der Waals surface area contributed by atoms with Crippen molar-refractivity contribution in [3.05, 3.63) is 89.4 Å². The van der Waals surface area contributed by atoms with E-state index in [1.54, 1.807) is 54.6 Å². The molecule has 184 valence electrons. The smallest absolute Gasteiger partial charge is 0.335 e. The lowest BCUT2D eigenvalue weighted by Crippen LogP contribution is -2.54. The summed E-state index contributed by atoms with van der Waals surface area (Å²) in [6.45, 7) is 0.175. The van der Waals surface area contributed by atoms with Crippen molar-refractivity contribution in [2.45, 2.75) is 6.61 Å². The van der Waals surface area contributed by atoms with Crippen LogP contribution in [0.4, 0.5) is 10.5 Å². The van der Waals surface area contributed by atoms with Crippen LogP contribution in [0.15, 0.2) is 64.6 Å². The van der Waals surface area contributed by atoms with Crippen molar-refractivity contribution in [3.63, 3.8) is 0 Å². The highest BCUT2D eigenvalue weighted by atomic mass is 127. The Bertz CT molecular complexity index is 1410. The van der Waals surface area contributed by atoms with Gasteiger partial charge in [0.15, 0.2) is 11.5 Å². The van der Waals surface area contributed by atoms with Crippen molar-refractivity contribution in [2.75, 3.05) is 12.0 Å². The summed E-state index contributed by atoms with van der Waals surface area (Å²) in [4.78, 5) is 39.0. The molecule has 1 fully saturated rings. The Balaban J connectivity index is 1.64. The van der Waals surface area contributed by atoms with Crippen LogP contribution in [-0.2, 0) is 16.2 Å². The van der Waals surface area contributed by atoms with Gasteiger partial charge in [0, 0.05) is 20.1 Å². The average molecular weight is 702 g/mol. The minimum Gasteiger partial charge on any atom is -0.493 e. The molecule has 0 saturated carbocycles. The fourth-order valence-electron chi connectivity index (χ4n) is 3.40. The lowest BCUT2D eigenvalue weighted by molar-refractivity contribution is -0.122. The monoisotopic (exact) mass is 700 g/mol. The van der Waals surface area contributed by atoms with Gasteiger partial charge >= 0.3 is 6.03 Å². The van der Waals surface area contributed by atoms with Gasteiger partial charge in [0.25, 0.3) is 11.8 Å². The van der Waals surface area contributed by atoms with E-state index >= 15 is 0 Å². The Morgan fingerprint density at radius 2 is 1.78 bits per heavy atom. The molecule has 0 bridgehead atoms. The number of ether oxygens (including phenoxy) is 2. The predicted molar refractivity (Wildman–Crippen MR) is 150 cm³/mol. The summed E-state index contributed by atoms with van der Waals surface area (Å²) in [5.74, 6) is -0.663. The zero-order chi connectivity index (χ0) is 26.0. The summed E-state index contributed by atoms with van der Waals surface area (Å²) in [5, 5.41) is 3.21. The van der Waals surface area contributed by atoms with Crippen LogP contribution in [0.2, 0.25) is 10.0 Å². The topological polar surface area (TPSA) is 84.9 Å². The number of barbiturate groups is 1. The molecule has 0 radical (unpaired) electrons. The molecule has 4 amide bonds. The van der Waals surface area contributed by atoms with E-state index in [-0.39, 0.29) is 12.2 Å². The maximum absolute atomic E-state index is 13.1.